The Morgan fingerprint density at radius 1 is 1.29 bits per heavy atom. The molecular formula is C26H32F3N7O2. The number of carbonyl (C=O) groups excluding carboxylic acids is 1. The number of amides is 1. The molecule has 9 nitrogen and oxygen atoms in total. The second-order valence-electron chi connectivity index (χ2n) is 10.8. The molecule has 1 fully saturated rings. The fraction of sp³-hybridized carbons (Fsp3) is 0.538. The van der Waals surface area contributed by atoms with Crippen LogP contribution >= 0.6 is 0 Å². The molecule has 0 spiro atoms. The van der Waals surface area contributed by atoms with Crippen LogP contribution in [0.3, 0.4) is 0 Å². The van der Waals surface area contributed by atoms with Crippen molar-refractivity contribution in [3.05, 3.63) is 46.2 Å². The fourth-order valence-corrected chi connectivity index (χ4v) is 5.19. The van der Waals surface area contributed by atoms with E-state index in [0.29, 0.717) is 49.5 Å². The molecule has 38 heavy (non-hydrogen) atoms. The van der Waals surface area contributed by atoms with Crippen LogP contribution in [0.5, 0.6) is 0 Å². The number of carbonyl (C=O) groups is 1. The lowest BCUT2D eigenvalue weighted by Gasteiger charge is -2.36. The van der Waals surface area contributed by atoms with Crippen molar-refractivity contribution in [1.29, 1.82) is 0 Å². The van der Waals surface area contributed by atoms with Crippen molar-refractivity contribution in [2.24, 2.45) is 0 Å². The van der Waals surface area contributed by atoms with Gasteiger partial charge in [0, 0.05) is 48.2 Å². The number of aromatic amines is 1. The lowest BCUT2D eigenvalue weighted by Crippen LogP contribution is -2.50. The quantitative estimate of drug-likeness (QED) is 0.440. The number of halogens is 3. The number of rotatable bonds is 5. The standard InChI is InChI=1S/C26H32F3N7O2/c1-14-19(15(2)38-35-14)13-36-9-5-6-17-18(11-30-22(17)23(36)37)21-20(26(27,28)29)12-31-24(34-21)33-16-7-8-25(3,4)32-10-16/h11-12,16,30,32H,5-10,13H2,1-4H3,(H,31,33,34). The molecule has 0 saturated carbocycles. The summed E-state index contributed by atoms with van der Waals surface area (Å²) < 4.78 is 47.4. The normalized spacial score (nSPS) is 19.8. The molecular weight excluding hydrogens is 499 g/mol. The van der Waals surface area contributed by atoms with E-state index in [1.165, 1.54) is 6.20 Å². The molecule has 0 bridgehead atoms. The number of nitrogens with zero attached hydrogens (tertiary/aromatic N) is 4. The molecule has 204 valence electrons. The van der Waals surface area contributed by atoms with E-state index in [2.05, 4.69) is 44.6 Å². The van der Waals surface area contributed by atoms with Crippen molar-refractivity contribution in [3.8, 4) is 11.3 Å². The maximum Gasteiger partial charge on any atom is 0.419 e. The van der Waals surface area contributed by atoms with Gasteiger partial charge in [-0.25, -0.2) is 9.97 Å². The Bertz CT molecular complexity index is 1320. The molecule has 12 heteroatoms. The van der Waals surface area contributed by atoms with Crippen molar-refractivity contribution < 1.29 is 22.5 Å². The molecule has 1 unspecified atom stereocenters. The molecule has 0 radical (unpaired) electrons. The zero-order valence-corrected chi connectivity index (χ0v) is 21.9. The van der Waals surface area contributed by atoms with E-state index in [0.717, 1.165) is 24.6 Å². The van der Waals surface area contributed by atoms with Gasteiger partial charge in [0.15, 0.2) is 0 Å². The second kappa shape index (κ2) is 9.72. The highest BCUT2D eigenvalue weighted by Gasteiger charge is 2.38. The number of aromatic nitrogens is 4. The van der Waals surface area contributed by atoms with E-state index in [9.17, 15) is 18.0 Å². The summed E-state index contributed by atoms with van der Waals surface area (Å²) in [6, 6.07) is -0.00425. The van der Waals surface area contributed by atoms with E-state index in [4.69, 9.17) is 4.52 Å². The van der Waals surface area contributed by atoms with Gasteiger partial charge < -0.3 is 25.0 Å². The summed E-state index contributed by atoms with van der Waals surface area (Å²) >= 11 is 0. The average molecular weight is 532 g/mol. The number of piperidine rings is 1. The number of nitrogens with one attached hydrogen (secondary N) is 3. The van der Waals surface area contributed by atoms with Crippen molar-refractivity contribution in [2.45, 2.75) is 77.7 Å². The van der Waals surface area contributed by atoms with Gasteiger partial charge in [-0.05, 0) is 58.9 Å². The summed E-state index contributed by atoms with van der Waals surface area (Å²) in [5.74, 6) is 0.495. The zero-order valence-electron chi connectivity index (χ0n) is 21.9. The largest absolute Gasteiger partial charge is 0.419 e. The van der Waals surface area contributed by atoms with Crippen LogP contribution < -0.4 is 10.6 Å². The third kappa shape index (κ3) is 5.13. The molecule has 5 heterocycles. The molecule has 3 N–H and O–H groups in total. The minimum Gasteiger partial charge on any atom is -0.361 e. The van der Waals surface area contributed by atoms with Gasteiger partial charge in [-0.2, -0.15) is 13.2 Å². The minimum absolute atomic E-state index is 0.00425. The monoisotopic (exact) mass is 531 g/mol. The number of fused-ring (bicyclic) bond motifs is 1. The summed E-state index contributed by atoms with van der Waals surface area (Å²) in [5.41, 5.74) is 1.48. The van der Waals surface area contributed by atoms with Gasteiger partial charge in [0.05, 0.1) is 17.9 Å². The zero-order chi connectivity index (χ0) is 27.2. The first kappa shape index (κ1) is 26.2. The fourth-order valence-electron chi connectivity index (χ4n) is 5.19. The highest BCUT2D eigenvalue weighted by atomic mass is 19.4. The lowest BCUT2D eigenvalue weighted by molar-refractivity contribution is -0.137. The van der Waals surface area contributed by atoms with Gasteiger partial charge >= 0.3 is 6.18 Å². The first-order valence-corrected chi connectivity index (χ1v) is 12.8. The Kier molecular flexibility index (Phi) is 6.70. The highest BCUT2D eigenvalue weighted by molar-refractivity contribution is 5.96. The molecule has 2 aliphatic heterocycles. The van der Waals surface area contributed by atoms with Gasteiger partial charge in [0.2, 0.25) is 5.95 Å². The molecule has 0 aliphatic carbocycles. The SMILES string of the molecule is Cc1noc(C)c1CN1CCCc2c(-c3nc(NC4CCC(C)(C)NC4)ncc3C(F)(F)F)c[nH]c2C1=O. The van der Waals surface area contributed by atoms with Gasteiger partial charge in [0.1, 0.15) is 17.0 Å². The summed E-state index contributed by atoms with van der Waals surface area (Å²) in [6.07, 6.45) is 0.404. The van der Waals surface area contributed by atoms with Crippen LogP contribution in [-0.4, -0.2) is 55.6 Å². The number of anilines is 1. The number of hydrogen-bond donors (Lipinski definition) is 3. The summed E-state index contributed by atoms with van der Waals surface area (Å²) in [4.78, 5) is 26.4. The summed E-state index contributed by atoms with van der Waals surface area (Å²) in [5, 5.41) is 10.6. The van der Waals surface area contributed by atoms with Gasteiger partial charge in [-0.3, -0.25) is 4.79 Å². The molecule has 3 aromatic heterocycles. The Morgan fingerprint density at radius 2 is 2.08 bits per heavy atom. The van der Waals surface area contributed by atoms with Crippen LogP contribution in [0.25, 0.3) is 11.3 Å². The maximum absolute atomic E-state index is 14.0. The van der Waals surface area contributed by atoms with Crippen LogP contribution in [0.1, 0.15) is 71.7 Å². The Morgan fingerprint density at radius 3 is 2.74 bits per heavy atom. The van der Waals surface area contributed by atoms with Crippen molar-refractivity contribution in [2.75, 3.05) is 18.4 Å². The van der Waals surface area contributed by atoms with Crippen LogP contribution in [0.4, 0.5) is 19.1 Å². The molecule has 1 amide bonds. The molecule has 1 saturated heterocycles. The van der Waals surface area contributed by atoms with E-state index >= 15 is 0 Å². The van der Waals surface area contributed by atoms with E-state index in [-0.39, 0.29) is 40.4 Å². The van der Waals surface area contributed by atoms with Crippen molar-refractivity contribution >= 4 is 11.9 Å². The van der Waals surface area contributed by atoms with Gasteiger partial charge in [-0.1, -0.05) is 5.16 Å². The van der Waals surface area contributed by atoms with Crippen LogP contribution in [0.15, 0.2) is 16.9 Å². The summed E-state index contributed by atoms with van der Waals surface area (Å²) in [7, 11) is 0. The number of hydrogen-bond acceptors (Lipinski definition) is 7. The smallest absolute Gasteiger partial charge is 0.361 e. The molecule has 0 aromatic carbocycles. The van der Waals surface area contributed by atoms with E-state index < -0.39 is 11.7 Å². The van der Waals surface area contributed by atoms with E-state index in [1.54, 1.807) is 11.8 Å². The van der Waals surface area contributed by atoms with Crippen LogP contribution in [0, 0.1) is 13.8 Å². The molecule has 2 aliphatic rings. The molecule has 1 atom stereocenters. The Labute approximate surface area is 218 Å². The average Bonchev–Trinajstić information content (AvgIpc) is 3.37. The lowest BCUT2D eigenvalue weighted by atomic mass is 9.91. The highest BCUT2D eigenvalue weighted by Crippen LogP contribution is 2.39. The first-order valence-electron chi connectivity index (χ1n) is 12.8. The third-order valence-electron chi connectivity index (χ3n) is 7.50. The number of aryl methyl sites for hydroxylation is 2. The molecule has 5 rings (SSSR count). The second-order valence-corrected chi connectivity index (χ2v) is 10.8. The first-order chi connectivity index (χ1) is 17.9. The number of H-pyrrole nitrogens is 1. The van der Waals surface area contributed by atoms with Gasteiger partial charge in [-0.15, -0.1) is 0 Å². The predicted molar refractivity (Wildman–Crippen MR) is 135 cm³/mol. The summed E-state index contributed by atoms with van der Waals surface area (Å²) in [6.45, 7) is 9.26. The Hall–Kier alpha value is -3.41. The minimum atomic E-state index is -4.65. The van der Waals surface area contributed by atoms with Crippen molar-refractivity contribution in [3.63, 3.8) is 0 Å². The topological polar surface area (TPSA) is 112 Å². The van der Waals surface area contributed by atoms with E-state index in [1.807, 2.05) is 6.92 Å². The third-order valence-corrected chi connectivity index (χ3v) is 7.50. The number of alkyl halides is 3. The van der Waals surface area contributed by atoms with Gasteiger partial charge in [0.25, 0.3) is 5.91 Å². The Balaban J connectivity index is 1.46. The predicted octanol–water partition coefficient (Wildman–Crippen LogP) is 4.63. The van der Waals surface area contributed by atoms with Crippen molar-refractivity contribution in [1.82, 2.24) is 30.3 Å². The molecule has 3 aromatic rings. The van der Waals surface area contributed by atoms with Crippen LogP contribution in [-0.2, 0) is 19.1 Å². The maximum atomic E-state index is 14.0. The van der Waals surface area contributed by atoms with Crippen LogP contribution in [0.2, 0.25) is 0 Å².